The molecule has 2 rings (SSSR count). The predicted octanol–water partition coefficient (Wildman–Crippen LogP) is 2.42. The molecule has 0 saturated heterocycles. The van der Waals surface area contributed by atoms with Gasteiger partial charge in [0.2, 0.25) is 5.91 Å². The van der Waals surface area contributed by atoms with Crippen molar-refractivity contribution in [1.82, 2.24) is 5.32 Å². The summed E-state index contributed by atoms with van der Waals surface area (Å²) < 4.78 is 30.8. The number of benzene rings is 1. The van der Waals surface area contributed by atoms with E-state index in [9.17, 15) is 13.6 Å². The molecule has 0 unspecified atom stereocenters. The van der Waals surface area contributed by atoms with Crippen molar-refractivity contribution in [3.63, 3.8) is 0 Å². The van der Waals surface area contributed by atoms with Gasteiger partial charge in [-0.2, -0.15) is 0 Å². The van der Waals surface area contributed by atoms with Crippen LogP contribution in [-0.2, 0) is 17.8 Å². The Balaban J connectivity index is 1.90. The first-order valence-electron chi connectivity index (χ1n) is 5.37. The number of nitrogens with one attached hydrogen (secondary N) is 1. The van der Waals surface area contributed by atoms with Crippen LogP contribution in [0.25, 0.3) is 0 Å². The molecule has 0 spiro atoms. The number of carbonyl (C=O) groups is 1. The van der Waals surface area contributed by atoms with Gasteiger partial charge in [-0.25, -0.2) is 8.78 Å². The van der Waals surface area contributed by atoms with Gasteiger partial charge in [0, 0.05) is 6.07 Å². The summed E-state index contributed by atoms with van der Waals surface area (Å²) in [6.07, 6.45) is 1.43. The van der Waals surface area contributed by atoms with E-state index >= 15 is 0 Å². The number of rotatable bonds is 4. The molecule has 0 radical (unpaired) electrons. The van der Waals surface area contributed by atoms with Crippen LogP contribution in [0.4, 0.5) is 8.78 Å². The maximum absolute atomic E-state index is 12.9. The van der Waals surface area contributed by atoms with E-state index in [1.54, 1.807) is 12.1 Å². The van der Waals surface area contributed by atoms with Crippen LogP contribution in [0.2, 0.25) is 0 Å². The van der Waals surface area contributed by atoms with Crippen molar-refractivity contribution in [2.45, 2.75) is 13.0 Å². The molecule has 0 saturated carbocycles. The molecular weight excluding hydrogens is 240 g/mol. The molecule has 5 heteroatoms. The lowest BCUT2D eigenvalue weighted by atomic mass is 10.1. The summed E-state index contributed by atoms with van der Waals surface area (Å²) in [5.41, 5.74) is 0.296. The quantitative estimate of drug-likeness (QED) is 0.906. The summed E-state index contributed by atoms with van der Waals surface area (Å²) in [5, 5.41) is 2.59. The third-order valence-electron chi connectivity index (χ3n) is 2.33. The number of furan rings is 1. The second kappa shape index (κ2) is 5.44. The Kier molecular flexibility index (Phi) is 3.72. The number of amides is 1. The Morgan fingerprint density at radius 2 is 1.94 bits per heavy atom. The molecule has 1 aromatic carbocycles. The number of carbonyl (C=O) groups excluding carboxylic acids is 1. The summed E-state index contributed by atoms with van der Waals surface area (Å²) >= 11 is 0. The Morgan fingerprint density at radius 3 is 2.56 bits per heavy atom. The zero-order valence-corrected chi connectivity index (χ0v) is 9.45. The van der Waals surface area contributed by atoms with Crippen LogP contribution < -0.4 is 5.32 Å². The van der Waals surface area contributed by atoms with Crippen molar-refractivity contribution < 1.29 is 18.0 Å². The third-order valence-corrected chi connectivity index (χ3v) is 2.33. The van der Waals surface area contributed by atoms with E-state index in [1.807, 2.05) is 0 Å². The summed E-state index contributed by atoms with van der Waals surface area (Å²) in [6, 6.07) is 6.47. The lowest BCUT2D eigenvalue weighted by Gasteiger charge is -2.04. The van der Waals surface area contributed by atoms with Crippen LogP contribution in [0.3, 0.4) is 0 Å². The fourth-order valence-electron chi connectivity index (χ4n) is 1.56. The topological polar surface area (TPSA) is 42.2 Å². The van der Waals surface area contributed by atoms with Gasteiger partial charge in [-0.3, -0.25) is 4.79 Å². The van der Waals surface area contributed by atoms with Crippen LogP contribution in [0, 0.1) is 11.6 Å². The molecular formula is C13H11F2NO2. The summed E-state index contributed by atoms with van der Waals surface area (Å²) in [5.74, 6) is -1.09. The van der Waals surface area contributed by atoms with E-state index in [0.29, 0.717) is 11.3 Å². The van der Waals surface area contributed by atoms with Crippen LogP contribution in [0.5, 0.6) is 0 Å². The number of hydrogen-bond donors (Lipinski definition) is 1. The van der Waals surface area contributed by atoms with E-state index in [-0.39, 0.29) is 18.9 Å². The standard InChI is InChI=1S/C13H11F2NO2/c14-10-4-9(5-11(15)7-10)6-13(17)16-8-12-2-1-3-18-12/h1-5,7H,6,8H2,(H,16,17). The maximum Gasteiger partial charge on any atom is 0.224 e. The van der Waals surface area contributed by atoms with Crippen molar-refractivity contribution in [3.05, 3.63) is 59.6 Å². The first-order chi connectivity index (χ1) is 8.63. The molecule has 0 atom stereocenters. The molecule has 94 valence electrons. The molecule has 18 heavy (non-hydrogen) atoms. The lowest BCUT2D eigenvalue weighted by molar-refractivity contribution is -0.120. The molecule has 0 fully saturated rings. The van der Waals surface area contributed by atoms with E-state index in [4.69, 9.17) is 4.42 Å². The second-order valence-electron chi connectivity index (χ2n) is 3.81. The zero-order chi connectivity index (χ0) is 13.0. The van der Waals surface area contributed by atoms with Gasteiger partial charge in [-0.1, -0.05) is 0 Å². The zero-order valence-electron chi connectivity index (χ0n) is 9.45. The van der Waals surface area contributed by atoms with Gasteiger partial charge in [0.15, 0.2) is 0 Å². The highest BCUT2D eigenvalue weighted by Crippen LogP contribution is 2.08. The van der Waals surface area contributed by atoms with Crippen molar-refractivity contribution in [1.29, 1.82) is 0 Å². The van der Waals surface area contributed by atoms with Crippen molar-refractivity contribution in [3.8, 4) is 0 Å². The molecule has 3 nitrogen and oxygen atoms in total. The molecule has 0 aliphatic heterocycles. The van der Waals surface area contributed by atoms with Gasteiger partial charge in [-0.05, 0) is 29.8 Å². The average molecular weight is 251 g/mol. The molecule has 1 N–H and O–H groups in total. The fraction of sp³-hybridized carbons (Fsp3) is 0.154. The lowest BCUT2D eigenvalue weighted by Crippen LogP contribution is -2.24. The first-order valence-corrected chi connectivity index (χ1v) is 5.37. The first kappa shape index (κ1) is 12.3. The molecule has 0 bridgehead atoms. The predicted molar refractivity (Wildman–Crippen MR) is 60.6 cm³/mol. The Morgan fingerprint density at radius 1 is 1.22 bits per heavy atom. The third kappa shape index (κ3) is 3.41. The Hall–Kier alpha value is -2.17. The minimum absolute atomic E-state index is 0.0740. The molecule has 2 aromatic rings. The fourth-order valence-corrected chi connectivity index (χ4v) is 1.56. The van der Waals surface area contributed by atoms with Gasteiger partial charge in [0.1, 0.15) is 17.4 Å². The minimum atomic E-state index is -0.691. The monoisotopic (exact) mass is 251 g/mol. The minimum Gasteiger partial charge on any atom is -0.467 e. The van der Waals surface area contributed by atoms with E-state index in [1.165, 1.54) is 6.26 Å². The second-order valence-corrected chi connectivity index (χ2v) is 3.81. The smallest absolute Gasteiger partial charge is 0.224 e. The highest BCUT2D eigenvalue weighted by Gasteiger charge is 2.07. The SMILES string of the molecule is O=C(Cc1cc(F)cc(F)c1)NCc1ccco1. The molecule has 1 amide bonds. The molecule has 1 heterocycles. The molecule has 0 aliphatic rings. The van der Waals surface area contributed by atoms with Gasteiger partial charge < -0.3 is 9.73 Å². The Labute approximate surface area is 102 Å². The summed E-state index contributed by atoms with van der Waals surface area (Å²) in [7, 11) is 0. The van der Waals surface area contributed by atoms with Gasteiger partial charge in [0.25, 0.3) is 0 Å². The van der Waals surface area contributed by atoms with Crippen LogP contribution in [0.15, 0.2) is 41.0 Å². The van der Waals surface area contributed by atoms with E-state index in [0.717, 1.165) is 18.2 Å². The van der Waals surface area contributed by atoms with Gasteiger partial charge in [0.05, 0.1) is 19.2 Å². The highest BCUT2D eigenvalue weighted by atomic mass is 19.1. The van der Waals surface area contributed by atoms with Gasteiger partial charge in [-0.15, -0.1) is 0 Å². The van der Waals surface area contributed by atoms with E-state index < -0.39 is 11.6 Å². The summed E-state index contributed by atoms with van der Waals surface area (Å²) in [4.78, 5) is 11.5. The largest absolute Gasteiger partial charge is 0.467 e. The van der Waals surface area contributed by atoms with E-state index in [2.05, 4.69) is 5.32 Å². The van der Waals surface area contributed by atoms with Crippen molar-refractivity contribution >= 4 is 5.91 Å². The van der Waals surface area contributed by atoms with Crippen molar-refractivity contribution in [2.75, 3.05) is 0 Å². The summed E-state index contributed by atoms with van der Waals surface area (Å²) in [6.45, 7) is 0.254. The van der Waals surface area contributed by atoms with Crippen LogP contribution in [0.1, 0.15) is 11.3 Å². The molecule has 0 aliphatic carbocycles. The van der Waals surface area contributed by atoms with Crippen LogP contribution >= 0.6 is 0 Å². The van der Waals surface area contributed by atoms with Crippen molar-refractivity contribution in [2.24, 2.45) is 0 Å². The van der Waals surface area contributed by atoms with Crippen LogP contribution in [-0.4, -0.2) is 5.91 Å². The number of hydrogen-bond acceptors (Lipinski definition) is 2. The maximum atomic E-state index is 12.9. The van der Waals surface area contributed by atoms with Gasteiger partial charge >= 0.3 is 0 Å². The normalized spacial score (nSPS) is 10.3. The number of halogens is 2. The average Bonchev–Trinajstić information content (AvgIpc) is 2.77. The molecule has 1 aromatic heterocycles. The highest BCUT2D eigenvalue weighted by molar-refractivity contribution is 5.78. The Bertz CT molecular complexity index is 518.